The summed E-state index contributed by atoms with van der Waals surface area (Å²) in [6, 6.07) is 18.6. The van der Waals surface area contributed by atoms with Gasteiger partial charge in [0.2, 0.25) is 0 Å². The lowest BCUT2D eigenvalue weighted by Gasteiger charge is -2.13. The molecule has 1 N–H and O–H groups in total. The number of benzene rings is 2. The van der Waals surface area contributed by atoms with Gasteiger partial charge < -0.3 is 10.1 Å². The smallest absolute Gasteiger partial charge is 0.252 e. The van der Waals surface area contributed by atoms with Gasteiger partial charge in [-0.2, -0.15) is 0 Å². The van der Waals surface area contributed by atoms with E-state index in [1.165, 1.54) is 0 Å². The molecule has 0 spiro atoms. The fourth-order valence-electron chi connectivity index (χ4n) is 3.26. The number of rotatable bonds is 5. The summed E-state index contributed by atoms with van der Waals surface area (Å²) >= 11 is 6.32. The zero-order chi connectivity index (χ0) is 21.1. The zero-order valence-electron chi connectivity index (χ0n) is 16.6. The van der Waals surface area contributed by atoms with E-state index in [1.807, 2.05) is 55.5 Å². The number of halogens is 1. The van der Waals surface area contributed by atoms with E-state index in [0.717, 1.165) is 22.3 Å². The number of aromatic nitrogens is 2. The van der Waals surface area contributed by atoms with E-state index in [-0.39, 0.29) is 5.91 Å². The molecule has 30 heavy (non-hydrogen) atoms. The van der Waals surface area contributed by atoms with Crippen LogP contribution in [-0.2, 0) is 6.54 Å². The Labute approximate surface area is 179 Å². The van der Waals surface area contributed by atoms with Gasteiger partial charge in [-0.15, -0.1) is 0 Å². The third-order valence-electron chi connectivity index (χ3n) is 4.95. The summed E-state index contributed by atoms with van der Waals surface area (Å²) < 4.78 is 5.18. The Morgan fingerprint density at radius 3 is 2.57 bits per heavy atom. The Hall–Kier alpha value is -3.44. The maximum atomic E-state index is 13.1. The molecule has 4 rings (SSSR count). The minimum absolute atomic E-state index is 0.183. The third kappa shape index (κ3) is 3.98. The van der Waals surface area contributed by atoms with E-state index < -0.39 is 0 Å². The molecular formula is C24H20ClN3O2. The summed E-state index contributed by atoms with van der Waals surface area (Å²) in [5, 5.41) is 4.36. The average molecular weight is 418 g/mol. The van der Waals surface area contributed by atoms with E-state index in [1.54, 1.807) is 25.4 Å². The molecule has 0 atom stereocenters. The molecule has 0 radical (unpaired) electrons. The molecule has 0 bridgehead atoms. The molecule has 5 nitrogen and oxygen atoms in total. The van der Waals surface area contributed by atoms with Crippen LogP contribution in [0.15, 0.2) is 66.9 Å². The van der Waals surface area contributed by atoms with Crippen LogP contribution >= 0.6 is 11.6 Å². The normalized spacial score (nSPS) is 10.8. The molecule has 0 fully saturated rings. The van der Waals surface area contributed by atoms with Gasteiger partial charge in [0.15, 0.2) is 0 Å². The highest BCUT2D eigenvalue weighted by molar-refractivity contribution is 6.32. The number of carbonyl (C=O) groups excluding carboxylic acids is 1. The first kappa shape index (κ1) is 19.9. The summed E-state index contributed by atoms with van der Waals surface area (Å²) in [6.07, 6.45) is 1.70. The SMILES string of the molecule is COc1ccc(CNC(=O)c2cc(-c3ccccn3)nc3c(C)c(Cl)ccc23)cc1. The molecule has 4 aromatic rings. The molecule has 0 aliphatic heterocycles. The summed E-state index contributed by atoms with van der Waals surface area (Å²) in [4.78, 5) is 22.2. The van der Waals surface area contributed by atoms with Crippen molar-refractivity contribution in [2.24, 2.45) is 0 Å². The van der Waals surface area contributed by atoms with E-state index in [4.69, 9.17) is 21.3 Å². The number of nitrogens with zero attached hydrogens (tertiary/aromatic N) is 2. The van der Waals surface area contributed by atoms with Crippen molar-refractivity contribution in [2.45, 2.75) is 13.5 Å². The highest BCUT2D eigenvalue weighted by Gasteiger charge is 2.16. The second-order valence-corrected chi connectivity index (χ2v) is 7.28. The van der Waals surface area contributed by atoms with Crippen molar-refractivity contribution in [1.82, 2.24) is 15.3 Å². The van der Waals surface area contributed by atoms with Crippen LogP contribution in [0.1, 0.15) is 21.5 Å². The minimum Gasteiger partial charge on any atom is -0.497 e. The Morgan fingerprint density at radius 2 is 1.87 bits per heavy atom. The van der Waals surface area contributed by atoms with Crippen LogP contribution in [0, 0.1) is 6.92 Å². The van der Waals surface area contributed by atoms with Crippen LogP contribution in [0.5, 0.6) is 5.75 Å². The van der Waals surface area contributed by atoms with Gasteiger partial charge in [0.05, 0.1) is 29.6 Å². The molecule has 150 valence electrons. The minimum atomic E-state index is -0.183. The number of nitrogens with one attached hydrogen (secondary N) is 1. The summed E-state index contributed by atoms with van der Waals surface area (Å²) in [7, 11) is 1.62. The molecule has 1 amide bonds. The average Bonchev–Trinajstić information content (AvgIpc) is 2.80. The van der Waals surface area contributed by atoms with Gasteiger partial charge in [-0.3, -0.25) is 9.78 Å². The van der Waals surface area contributed by atoms with Crippen molar-refractivity contribution in [3.63, 3.8) is 0 Å². The number of ether oxygens (including phenoxy) is 1. The topological polar surface area (TPSA) is 64.1 Å². The number of carbonyl (C=O) groups is 1. The largest absolute Gasteiger partial charge is 0.497 e. The van der Waals surface area contributed by atoms with Gasteiger partial charge in [0.1, 0.15) is 5.75 Å². The number of pyridine rings is 2. The van der Waals surface area contributed by atoms with Gasteiger partial charge >= 0.3 is 0 Å². The molecule has 0 aliphatic rings. The van der Waals surface area contributed by atoms with E-state index in [9.17, 15) is 4.79 Å². The zero-order valence-corrected chi connectivity index (χ0v) is 17.4. The molecule has 6 heteroatoms. The summed E-state index contributed by atoms with van der Waals surface area (Å²) in [5.74, 6) is 0.592. The van der Waals surface area contributed by atoms with E-state index >= 15 is 0 Å². The van der Waals surface area contributed by atoms with Crippen molar-refractivity contribution < 1.29 is 9.53 Å². The maximum absolute atomic E-state index is 13.1. The van der Waals surface area contributed by atoms with Crippen LogP contribution in [0.4, 0.5) is 0 Å². The van der Waals surface area contributed by atoms with Crippen LogP contribution < -0.4 is 10.1 Å². The summed E-state index contributed by atoms with van der Waals surface area (Å²) in [6.45, 7) is 2.30. The second-order valence-electron chi connectivity index (χ2n) is 6.87. The number of methoxy groups -OCH3 is 1. The number of amides is 1. The highest BCUT2D eigenvalue weighted by Crippen LogP contribution is 2.29. The van der Waals surface area contributed by atoms with Gasteiger partial charge in [0, 0.05) is 23.2 Å². The van der Waals surface area contributed by atoms with Crippen LogP contribution in [0.3, 0.4) is 0 Å². The lowest BCUT2D eigenvalue weighted by Crippen LogP contribution is -2.23. The Bertz CT molecular complexity index is 1210. The van der Waals surface area contributed by atoms with Crippen LogP contribution in [0.25, 0.3) is 22.3 Å². The second kappa shape index (κ2) is 8.51. The molecule has 0 aliphatic carbocycles. The molecule has 0 saturated carbocycles. The molecular weight excluding hydrogens is 398 g/mol. The Kier molecular flexibility index (Phi) is 5.63. The predicted octanol–water partition coefficient (Wildman–Crippen LogP) is 5.20. The monoisotopic (exact) mass is 417 g/mol. The fraction of sp³-hybridized carbons (Fsp3) is 0.125. The van der Waals surface area contributed by atoms with Crippen molar-refractivity contribution in [3.8, 4) is 17.1 Å². The van der Waals surface area contributed by atoms with Crippen molar-refractivity contribution in [3.05, 3.63) is 88.6 Å². The number of aryl methyl sites for hydroxylation is 1. The molecule has 0 saturated heterocycles. The first-order valence-corrected chi connectivity index (χ1v) is 9.87. The molecule has 2 aromatic carbocycles. The van der Waals surface area contributed by atoms with E-state index in [2.05, 4.69) is 10.3 Å². The number of fused-ring (bicyclic) bond motifs is 1. The van der Waals surface area contributed by atoms with Gasteiger partial charge in [-0.05, 0) is 54.4 Å². The van der Waals surface area contributed by atoms with Crippen LogP contribution in [0.2, 0.25) is 5.02 Å². The van der Waals surface area contributed by atoms with Crippen molar-refractivity contribution >= 4 is 28.4 Å². The molecule has 2 heterocycles. The molecule has 2 aromatic heterocycles. The first-order chi connectivity index (χ1) is 14.6. The highest BCUT2D eigenvalue weighted by atomic mass is 35.5. The van der Waals surface area contributed by atoms with Gasteiger partial charge in [0.25, 0.3) is 5.91 Å². The summed E-state index contributed by atoms with van der Waals surface area (Å²) in [5.41, 5.74) is 4.36. The third-order valence-corrected chi connectivity index (χ3v) is 5.36. The van der Waals surface area contributed by atoms with Crippen molar-refractivity contribution in [1.29, 1.82) is 0 Å². The number of hydrogen-bond acceptors (Lipinski definition) is 4. The lowest BCUT2D eigenvalue weighted by molar-refractivity contribution is 0.0952. The van der Waals surface area contributed by atoms with Crippen molar-refractivity contribution in [2.75, 3.05) is 7.11 Å². The van der Waals surface area contributed by atoms with Crippen LogP contribution in [-0.4, -0.2) is 23.0 Å². The number of hydrogen-bond donors (Lipinski definition) is 1. The molecule has 0 unspecified atom stereocenters. The van der Waals surface area contributed by atoms with Gasteiger partial charge in [-0.25, -0.2) is 4.98 Å². The Balaban J connectivity index is 1.72. The first-order valence-electron chi connectivity index (χ1n) is 9.49. The van der Waals surface area contributed by atoms with Gasteiger partial charge in [-0.1, -0.05) is 35.9 Å². The lowest BCUT2D eigenvalue weighted by atomic mass is 10.0. The maximum Gasteiger partial charge on any atom is 0.252 e. The predicted molar refractivity (Wildman–Crippen MR) is 119 cm³/mol. The Morgan fingerprint density at radius 1 is 1.07 bits per heavy atom. The quantitative estimate of drug-likeness (QED) is 0.485. The fourth-order valence-corrected chi connectivity index (χ4v) is 3.41. The van der Waals surface area contributed by atoms with E-state index in [0.29, 0.717) is 34.0 Å². The standard InChI is InChI=1S/C24H20ClN3O2/c1-15-20(25)11-10-18-19(13-22(28-23(15)18)21-5-3-4-12-26-21)24(29)27-14-16-6-8-17(30-2)9-7-16/h3-13H,14H2,1-2H3,(H,27,29).